The largest absolute Gasteiger partial charge is 0.143 e. The number of allylic oxidation sites excluding steroid dienone is 1. The molecule has 0 fully saturated rings. The van der Waals surface area contributed by atoms with Crippen LogP contribution in [0.3, 0.4) is 0 Å². The third-order valence-electron chi connectivity index (χ3n) is 2.20. The quantitative estimate of drug-likeness (QED) is 0.719. The molecular formula is C11H15BrS. The Morgan fingerprint density at radius 1 is 1.54 bits per heavy atom. The van der Waals surface area contributed by atoms with Crippen molar-refractivity contribution in [1.29, 1.82) is 0 Å². The van der Waals surface area contributed by atoms with E-state index < -0.39 is 0 Å². The van der Waals surface area contributed by atoms with E-state index in [-0.39, 0.29) is 0 Å². The molecule has 0 spiro atoms. The molecule has 0 radical (unpaired) electrons. The van der Waals surface area contributed by atoms with Gasteiger partial charge in [-0.15, -0.1) is 11.3 Å². The zero-order chi connectivity index (χ0) is 9.90. The van der Waals surface area contributed by atoms with Crippen LogP contribution in [-0.4, -0.2) is 0 Å². The highest BCUT2D eigenvalue weighted by atomic mass is 79.9. The van der Waals surface area contributed by atoms with E-state index in [0.29, 0.717) is 5.41 Å². The predicted molar refractivity (Wildman–Crippen MR) is 65.1 cm³/mol. The summed E-state index contributed by atoms with van der Waals surface area (Å²) in [5, 5.41) is 2.11. The highest BCUT2D eigenvalue weighted by Gasteiger charge is 2.09. The fraction of sp³-hybridized carbons (Fsp3) is 0.455. The maximum atomic E-state index is 3.45. The van der Waals surface area contributed by atoms with E-state index in [4.69, 9.17) is 0 Å². The molecule has 0 N–H and O–H groups in total. The molecule has 0 atom stereocenters. The van der Waals surface area contributed by atoms with Gasteiger partial charge in [0.2, 0.25) is 0 Å². The Bertz CT molecular complexity index is 297. The average Bonchev–Trinajstić information content (AvgIpc) is 2.48. The molecule has 2 heteroatoms. The molecule has 0 saturated heterocycles. The standard InChI is InChI=1S/C11H15BrS/c1-4-11(2,3)6-5-10-7-9(12)8-13-10/h5-8H,4H2,1-3H3/b6-5+. The SMILES string of the molecule is CCC(C)(C)/C=C/c1cc(Br)cs1. The summed E-state index contributed by atoms with van der Waals surface area (Å²) in [6, 6.07) is 2.15. The third kappa shape index (κ3) is 3.65. The first-order valence-corrected chi connectivity index (χ1v) is 6.14. The molecule has 0 aliphatic heterocycles. The summed E-state index contributed by atoms with van der Waals surface area (Å²) in [6.45, 7) is 6.73. The van der Waals surface area contributed by atoms with E-state index in [9.17, 15) is 0 Å². The van der Waals surface area contributed by atoms with Crippen LogP contribution in [0.1, 0.15) is 32.1 Å². The van der Waals surface area contributed by atoms with Crippen molar-refractivity contribution in [3.8, 4) is 0 Å². The summed E-state index contributed by atoms with van der Waals surface area (Å²) in [5.41, 5.74) is 0.316. The summed E-state index contributed by atoms with van der Waals surface area (Å²) in [7, 11) is 0. The molecule has 1 aromatic rings. The van der Waals surface area contributed by atoms with E-state index >= 15 is 0 Å². The van der Waals surface area contributed by atoms with E-state index in [1.165, 1.54) is 15.8 Å². The van der Waals surface area contributed by atoms with Crippen molar-refractivity contribution in [3.05, 3.63) is 26.9 Å². The second-order valence-electron chi connectivity index (χ2n) is 3.84. The first kappa shape index (κ1) is 11.0. The van der Waals surface area contributed by atoms with Gasteiger partial charge in [0.15, 0.2) is 0 Å². The summed E-state index contributed by atoms with van der Waals surface area (Å²) >= 11 is 5.21. The Hall–Kier alpha value is -0.0800. The van der Waals surface area contributed by atoms with Crippen molar-refractivity contribution >= 4 is 33.3 Å². The molecule has 0 amide bonds. The van der Waals surface area contributed by atoms with E-state index in [1.54, 1.807) is 11.3 Å². The van der Waals surface area contributed by atoms with Gasteiger partial charge in [0.25, 0.3) is 0 Å². The van der Waals surface area contributed by atoms with Gasteiger partial charge >= 0.3 is 0 Å². The zero-order valence-corrected chi connectivity index (χ0v) is 10.7. The van der Waals surface area contributed by atoms with E-state index in [2.05, 4.69) is 60.3 Å². The van der Waals surface area contributed by atoms with Crippen LogP contribution >= 0.6 is 27.3 Å². The predicted octanol–water partition coefficient (Wildman–Crippen LogP) is 4.96. The third-order valence-corrected chi connectivity index (χ3v) is 3.86. The molecule has 13 heavy (non-hydrogen) atoms. The van der Waals surface area contributed by atoms with Gasteiger partial charge in [-0.2, -0.15) is 0 Å². The Labute approximate surface area is 92.8 Å². The maximum Gasteiger partial charge on any atom is 0.0288 e. The zero-order valence-electron chi connectivity index (χ0n) is 8.30. The fourth-order valence-electron chi connectivity index (χ4n) is 0.841. The molecule has 0 unspecified atom stereocenters. The van der Waals surface area contributed by atoms with Gasteiger partial charge in [-0.1, -0.05) is 26.8 Å². The number of hydrogen-bond acceptors (Lipinski definition) is 1. The van der Waals surface area contributed by atoms with Crippen molar-refractivity contribution in [1.82, 2.24) is 0 Å². The van der Waals surface area contributed by atoms with Crippen LogP contribution in [0, 0.1) is 5.41 Å². The summed E-state index contributed by atoms with van der Waals surface area (Å²) < 4.78 is 1.17. The van der Waals surface area contributed by atoms with Gasteiger partial charge in [0.1, 0.15) is 0 Å². The van der Waals surface area contributed by atoms with Crippen LogP contribution in [0.4, 0.5) is 0 Å². The molecule has 0 saturated carbocycles. The number of thiophene rings is 1. The van der Waals surface area contributed by atoms with Gasteiger partial charge in [-0.3, -0.25) is 0 Å². The lowest BCUT2D eigenvalue weighted by Gasteiger charge is -2.16. The molecule has 0 aromatic carbocycles. The molecule has 0 aliphatic rings. The number of halogens is 1. The molecule has 0 nitrogen and oxygen atoms in total. The molecular weight excluding hydrogens is 244 g/mol. The van der Waals surface area contributed by atoms with Gasteiger partial charge in [-0.25, -0.2) is 0 Å². The van der Waals surface area contributed by atoms with Crippen LogP contribution in [0.25, 0.3) is 6.08 Å². The first-order chi connectivity index (χ1) is 6.03. The number of rotatable bonds is 3. The fourth-order valence-corrected chi connectivity index (χ4v) is 2.18. The first-order valence-electron chi connectivity index (χ1n) is 4.47. The normalized spacial score (nSPS) is 12.6. The highest BCUT2D eigenvalue weighted by molar-refractivity contribution is 9.10. The van der Waals surface area contributed by atoms with Gasteiger partial charge < -0.3 is 0 Å². The summed E-state index contributed by atoms with van der Waals surface area (Å²) in [5.74, 6) is 0. The monoisotopic (exact) mass is 258 g/mol. The lowest BCUT2D eigenvalue weighted by atomic mass is 9.90. The minimum Gasteiger partial charge on any atom is -0.143 e. The van der Waals surface area contributed by atoms with Gasteiger partial charge in [0, 0.05) is 14.7 Å². The van der Waals surface area contributed by atoms with E-state index in [0.717, 1.165) is 0 Å². The molecule has 1 aromatic heterocycles. The second-order valence-corrected chi connectivity index (χ2v) is 5.70. The van der Waals surface area contributed by atoms with Crippen molar-refractivity contribution in [2.45, 2.75) is 27.2 Å². The molecule has 0 bridgehead atoms. The van der Waals surface area contributed by atoms with Crippen LogP contribution in [0.5, 0.6) is 0 Å². The van der Waals surface area contributed by atoms with Crippen molar-refractivity contribution in [3.63, 3.8) is 0 Å². The van der Waals surface area contributed by atoms with Crippen LogP contribution in [-0.2, 0) is 0 Å². The van der Waals surface area contributed by atoms with Crippen molar-refractivity contribution in [2.75, 3.05) is 0 Å². The summed E-state index contributed by atoms with van der Waals surface area (Å²) in [6.07, 6.45) is 5.67. The highest BCUT2D eigenvalue weighted by Crippen LogP contribution is 2.26. The lowest BCUT2D eigenvalue weighted by Crippen LogP contribution is -2.03. The molecule has 0 aliphatic carbocycles. The smallest absolute Gasteiger partial charge is 0.0288 e. The second kappa shape index (κ2) is 4.43. The topological polar surface area (TPSA) is 0 Å². The minimum atomic E-state index is 0.316. The van der Waals surface area contributed by atoms with Crippen LogP contribution in [0.2, 0.25) is 0 Å². The van der Waals surface area contributed by atoms with Crippen LogP contribution in [0.15, 0.2) is 22.0 Å². The van der Waals surface area contributed by atoms with Crippen molar-refractivity contribution < 1.29 is 0 Å². The van der Waals surface area contributed by atoms with E-state index in [1.807, 2.05) is 0 Å². The maximum absolute atomic E-state index is 3.45. The molecule has 1 rings (SSSR count). The van der Waals surface area contributed by atoms with Crippen molar-refractivity contribution in [2.24, 2.45) is 5.41 Å². The lowest BCUT2D eigenvalue weighted by molar-refractivity contribution is 0.464. The van der Waals surface area contributed by atoms with Gasteiger partial charge in [0.05, 0.1) is 0 Å². The molecule has 72 valence electrons. The van der Waals surface area contributed by atoms with Gasteiger partial charge in [-0.05, 0) is 39.9 Å². The van der Waals surface area contributed by atoms with Crippen LogP contribution < -0.4 is 0 Å². The number of hydrogen-bond donors (Lipinski definition) is 0. The Morgan fingerprint density at radius 2 is 2.23 bits per heavy atom. The molecule has 1 heterocycles. The minimum absolute atomic E-state index is 0.316. The Balaban J connectivity index is 2.68. The Kier molecular flexibility index (Phi) is 3.74. The average molecular weight is 259 g/mol. The Morgan fingerprint density at radius 3 is 2.69 bits per heavy atom. The summed E-state index contributed by atoms with van der Waals surface area (Å²) in [4.78, 5) is 1.31.